The highest BCUT2D eigenvalue weighted by Crippen LogP contribution is 2.15. The number of β-amino-alcohol motifs (C(OH)–C–C–N with tert-alkyl or cyclic N) is 1. The SMILES string of the molecule is CC.CC.N/C=C/C#Cc1cc(NC(=O)c2ccc(CN3CC[C@@H](O)C3)cc2)ccn1. The number of aromatic nitrogens is 1. The number of hydrogen-bond acceptors (Lipinski definition) is 5. The Bertz CT molecular complexity index is 882. The second kappa shape index (κ2) is 14.8. The van der Waals surface area contributed by atoms with Gasteiger partial charge in [0.2, 0.25) is 0 Å². The first-order valence-corrected chi connectivity index (χ1v) is 10.8. The third kappa shape index (κ3) is 9.04. The summed E-state index contributed by atoms with van der Waals surface area (Å²) in [4.78, 5) is 18.8. The molecule has 1 aromatic heterocycles. The molecule has 166 valence electrons. The van der Waals surface area contributed by atoms with E-state index in [4.69, 9.17) is 5.73 Å². The van der Waals surface area contributed by atoms with Gasteiger partial charge in [-0.2, -0.15) is 0 Å². The molecule has 3 rings (SSSR count). The van der Waals surface area contributed by atoms with E-state index in [1.54, 1.807) is 18.3 Å². The average Bonchev–Trinajstić information content (AvgIpc) is 3.22. The Kier molecular flexibility index (Phi) is 12.3. The Morgan fingerprint density at radius 2 is 1.97 bits per heavy atom. The summed E-state index contributed by atoms with van der Waals surface area (Å²) in [6.07, 6.45) is 5.07. The van der Waals surface area contributed by atoms with Gasteiger partial charge in [-0.15, -0.1) is 0 Å². The molecule has 0 bridgehead atoms. The maximum Gasteiger partial charge on any atom is 0.255 e. The molecule has 6 heteroatoms. The second-order valence-electron chi connectivity index (χ2n) is 6.39. The lowest BCUT2D eigenvalue weighted by Gasteiger charge is -2.15. The maximum absolute atomic E-state index is 12.4. The first-order chi connectivity index (χ1) is 15.1. The van der Waals surface area contributed by atoms with E-state index < -0.39 is 0 Å². The van der Waals surface area contributed by atoms with E-state index in [0.29, 0.717) is 23.5 Å². The zero-order valence-corrected chi connectivity index (χ0v) is 18.9. The zero-order valence-electron chi connectivity index (χ0n) is 18.9. The average molecular weight is 423 g/mol. The number of nitrogens with zero attached hydrogens (tertiary/aromatic N) is 2. The van der Waals surface area contributed by atoms with Gasteiger partial charge >= 0.3 is 0 Å². The van der Waals surface area contributed by atoms with Crippen molar-refractivity contribution in [3.8, 4) is 11.8 Å². The quantitative estimate of drug-likeness (QED) is 0.652. The number of amides is 1. The minimum Gasteiger partial charge on any atom is -0.404 e. The smallest absolute Gasteiger partial charge is 0.255 e. The normalized spacial score (nSPS) is 15.1. The number of carbonyl (C=O) groups excluding carboxylic acids is 1. The number of pyridine rings is 1. The summed E-state index contributed by atoms with van der Waals surface area (Å²) in [7, 11) is 0. The van der Waals surface area contributed by atoms with Gasteiger partial charge in [0, 0.05) is 49.4 Å². The van der Waals surface area contributed by atoms with E-state index in [-0.39, 0.29) is 12.0 Å². The number of nitrogens with one attached hydrogen (secondary N) is 1. The van der Waals surface area contributed by atoms with Crippen molar-refractivity contribution in [2.75, 3.05) is 18.4 Å². The van der Waals surface area contributed by atoms with E-state index >= 15 is 0 Å². The molecule has 31 heavy (non-hydrogen) atoms. The Hall–Kier alpha value is -3.14. The molecular formula is C25H34N4O2. The Balaban J connectivity index is 0.00000113. The predicted molar refractivity (Wildman–Crippen MR) is 127 cm³/mol. The Labute approximate surface area is 186 Å². The first-order valence-electron chi connectivity index (χ1n) is 10.8. The lowest BCUT2D eigenvalue weighted by Crippen LogP contribution is -2.21. The largest absolute Gasteiger partial charge is 0.404 e. The Morgan fingerprint density at radius 1 is 1.26 bits per heavy atom. The molecule has 0 saturated carbocycles. The van der Waals surface area contributed by atoms with Gasteiger partial charge in [0.1, 0.15) is 5.69 Å². The van der Waals surface area contributed by atoms with Crippen molar-refractivity contribution in [3.05, 3.63) is 71.7 Å². The number of aliphatic hydroxyl groups excluding tert-OH is 1. The fourth-order valence-corrected chi connectivity index (χ4v) is 2.92. The number of aliphatic hydroxyl groups is 1. The summed E-state index contributed by atoms with van der Waals surface area (Å²) in [6, 6.07) is 10.9. The summed E-state index contributed by atoms with van der Waals surface area (Å²) < 4.78 is 0. The van der Waals surface area contributed by atoms with Crippen molar-refractivity contribution in [1.82, 2.24) is 9.88 Å². The lowest BCUT2D eigenvalue weighted by molar-refractivity contribution is 0.102. The standard InChI is InChI=1S/C21H22N4O2.2C2H6/c22-10-2-1-3-18-13-19(8-11-23-18)24-21(27)17-6-4-16(5-7-17)14-25-12-9-20(26)15-25;2*1-2/h2,4-8,10-11,13,20,26H,9,12,14-15,22H2,(H,23,24,27);2*1-2H3/b10-2+;;/t20-;;/m1../s1. The minimum atomic E-state index is -0.226. The van der Waals surface area contributed by atoms with E-state index in [0.717, 1.165) is 25.1 Å². The third-order valence-electron chi connectivity index (χ3n) is 4.27. The number of rotatable bonds is 4. The van der Waals surface area contributed by atoms with E-state index in [9.17, 15) is 9.90 Å². The van der Waals surface area contributed by atoms with E-state index in [1.807, 2.05) is 52.0 Å². The van der Waals surface area contributed by atoms with Crippen LogP contribution in [-0.2, 0) is 6.54 Å². The molecule has 2 heterocycles. The molecular weight excluding hydrogens is 388 g/mol. The summed E-state index contributed by atoms with van der Waals surface area (Å²) in [5.41, 5.74) is 8.12. The number of anilines is 1. The number of carbonyl (C=O) groups is 1. The summed E-state index contributed by atoms with van der Waals surface area (Å²) >= 11 is 0. The zero-order chi connectivity index (χ0) is 23.1. The monoisotopic (exact) mass is 422 g/mol. The van der Waals surface area contributed by atoms with Crippen LogP contribution in [0.3, 0.4) is 0 Å². The van der Waals surface area contributed by atoms with E-state index in [2.05, 4.69) is 27.0 Å². The van der Waals surface area contributed by atoms with Crippen LogP contribution < -0.4 is 11.1 Å². The second-order valence-corrected chi connectivity index (χ2v) is 6.39. The number of allylic oxidation sites excluding steroid dienone is 1. The molecule has 0 unspecified atom stereocenters. The Morgan fingerprint density at radius 3 is 2.58 bits per heavy atom. The van der Waals surface area contributed by atoms with Crippen molar-refractivity contribution in [3.63, 3.8) is 0 Å². The van der Waals surface area contributed by atoms with E-state index in [1.165, 1.54) is 12.3 Å². The lowest BCUT2D eigenvalue weighted by atomic mass is 10.1. The molecule has 0 radical (unpaired) electrons. The number of hydrogen-bond donors (Lipinski definition) is 3. The summed E-state index contributed by atoms with van der Waals surface area (Å²) in [5.74, 6) is 5.40. The van der Waals surface area contributed by atoms with Crippen LogP contribution in [0.2, 0.25) is 0 Å². The molecule has 1 aromatic carbocycles. The van der Waals surface area contributed by atoms with Crippen molar-refractivity contribution in [2.45, 2.75) is 46.8 Å². The summed E-state index contributed by atoms with van der Waals surface area (Å²) in [5, 5.41) is 12.5. The minimum absolute atomic E-state index is 0.190. The van der Waals surface area contributed by atoms with Crippen molar-refractivity contribution in [2.24, 2.45) is 5.73 Å². The fourth-order valence-electron chi connectivity index (χ4n) is 2.92. The molecule has 1 aliphatic rings. The first kappa shape index (κ1) is 25.9. The van der Waals surface area contributed by atoms with Crippen LogP contribution >= 0.6 is 0 Å². The van der Waals surface area contributed by atoms with Crippen LogP contribution in [0.4, 0.5) is 5.69 Å². The number of nitrogens with two attached hydrogens (primary N) is 1. The van der Waals surface area contributed by atoms with Crippen LogP contribution in [-0.4, -0.2) is 40.1 Å². The van der Waals surface area contributed by atoms with Gasteiger partial charge in [-0.05, 0) is 42.2 Å². The van der Waals surface area contributed by atoms with Crippen molar-refractivity contribution < 1.29 is 9.90 Å². The van der Waals surface area contributed by atoms with Gasteiger partial charge in [-0.25, -0.2) is 4.98 Å². The molecule has 1 saturated heterocycles. The highest BCUT2D eigenvalue weighted by molar-refractivity contribution is 6.04. The topological polar surface area (TPSA) is 91.5 Å². The highest BCUT2D eigenvalue weighted by Gasteiger charge is 2.19. The van der Waals surface area contributed by atoms with Gasteiger partial charge in [0.05, 0.1) is 6.10 Å². The number of likely N-dealkylation sites (tertiary alicyclic amines) is 1. The number of benzene rings is 1. The van der Waals surface area contributed by atoms with Gasteiger partial charge in [0.15, 0.2) is 0 Å². The molecule has 1 amide bonds. The van der Waals surface area contributed by atoms with Crippen LogP contribution in [0.1, 0.15) is 55.7 Å². The van der Waals surface area contributed by atoms with Gasteiger partial charge in [-0.3, -0.25) is 9.69 Å². The molecule has 0 spiro atoms. The van der Waals surface area contributed by atoms with Crippen molar-refractivity contribution in [1.29, 1.82) is 0 Å². The van der Waals surface area contributed by atoms with Gasteiger partial charge in [-0.1, -0.05) is 45.7 Å². The maximum atomic E-state index is 12.4. The fraction of sp³-hybridized carbons (Fsp3) is 0.360. The summed E-state index contributed by atoms with van der Waals surface area (Å²) in [6.45, 7) is 10.4. The highest BCUT2D eigenvalue weighted by atomic mass is 16.3. The van der Waals surface area contributed by atoms with Crippen LogP contribution in [0.5, 0.6) is 0 Å². The molecule has 1 atom stereocenters. The molecule has 0 aliphatic carbocycles. The van der Waals surface area contributed by atoms with Crippen LogP contribution in [0.15, 0.2) is 54.9 Å². The van der Waals surface area contributed by atoms with Crippen molar-refractivity contribution >= 4 is 11.6 Å². The van der Waals surface area contributed by atoms with Crippen LogP contribution in [0, 0.1) is 11.8 Å². The molecule has 2 aromatic rings. The molecule has 4 N–H and O–H groups in total. The van der Waals surface area contributed by atoms with Gasteiger partial charge in [0.25, 0.3) is 5.91 Å². The molecule has 1 fully saturated rings. The van der Waals surface area contributed by atoms with Gasteiger partial charge < -0.3 is 16.2 Å². The molecule has 1 aliphatic heterocycles. The third-order valence-corrected chi connectivity index (χ3v) is 4.27. The van der Waals surface area contributed by atoms with Crippen LogP contribution in [0.25, 0.3) is 0 Å². The molecule has 6 nitrogen and oxygen atoms in total. The predicted octanol–water partition coefficient (Wildman–Crippen LogP) is 3.78.